The fraction of sp³-hybridized carbons (Fsp3) is 0.636. The minimum absolute atomic E-state index is 0.00371. The molecule has 4 aliphatic rings. The third-order valence-electron chi connectivity index (χ3n) is 6.96. The quantitative estimate of drug-likeness (QED) is 0.694. The first kappa shape index (κ1) is 18.9. The van der Waals surface area contributed by atoms with Crippen molar-refractivity contribution >= 4 is 11.8 Å². The van der Waals surface area contributed by atoms with Gasteiger partial charge < -0.3 is 25.2 Å². The van der Waals surface area contributed by atoms with Crippen molar-refractivity contribution in [1.29, 1.82) is 0 Å². The molecule has 7 nitrogen and oxygen atoms in total. The second-order valence-electron chi connectivity index (χ2n) is 8.90. The van der Waals surface area contributed by atoms with E-state index in [1.54, 1.807) is 12.1 Å². The van der Waals surface area contributed by atoms with Crippen LogP contribution in [0.15, 0.2) is 24.3 Å². The number of phenolic OH excluding ortho intramolecular Hbond substituents is 1. The van der Waals surface area contributed by atoms with Crippen LogP contribution in [0.2, 0.25) is 0 Å². The van der Waals surface area contributed by atoms with E-state index < -0.39 is 5.41 Å². The molecule has 0 spiro atoms. The number of aromatic hydroxyl groups is 1. The fourth-order valence-electron chi connectivity index (χ4n) is 5.11. The van der Waals surface area contributed by atoms with Gasteiger partial charge in [0.2, 0.25) is 11.8 Å². The van der Waals surface area contributed by atoms with Gasteiger partial charge in [-0.25, -0.2) is 0 Å². The third-order valence-corrected chi connectivity index (χ3v) is 6.96. The Morgan fingerprint density at radius 3 is 2.10 bits per heavy atom. The Bertz CT molecular complexity index is 785. The van der Waals surface area contributed by atoms with Gasteiger partial charge in [0.05, 0.1) is 30.7 Å². The molecule has 156 valence electrons. The van der Waals surface area contributed by atoms with Crippen LogP contribution in [0.5, 0.6) is 5.75 Å². The first-order valence-electron chi connectivity index (χ1n) is 10.7. The lowest BCUT2D eigenvalue weighted by atomic mass is 9.77. The molecule has 4 atom stereocenters. The van der Waals surface area contributed by atoms with E-state index in [2.05, 4.69) is 10.6 Å². The maximum Gasteiger partial charge on any atom is 0.231 e. The molecule has 2 heterocycles. The lowest BCUT2D eigenvalue weighted by molar-refractivity contribution is -0.128. The first-order valence-corrected chi connectivity index (χ1v) is 10.7. The van der Waals surface area contributed by atoms with Crippen molar-refractivity contribution in [2.24, 2.45) is 5.92 Å². The van der Waals surface area contributed by atoms with Crippen molar-refractivity contribution in [2.45, 2.75) is 68.2 Å². The largest absolute Gasteiger partial charge is 0.508 e. The molecule has 7 heteroatoms. The molecule has 0 radical (unpaired) electrons. The van der Waals surface area contributed by atoms with Crippen molar-refractivity contribution in [3.8, 4) is 5.75 Å². The van der Waals surface area contributed by atoms with Crippen LogP contribution >= 0.6 is 0 Å². The second-order valence-corrected chi connectivity index (χ2v) is 8.90. The van der Waals surface area contributed by atoms with Crippen molar-refractivity contribution < 1.29 is 24.2 Å². The molecule has 2 amide bonds. The van der Waals surface area contributed by atoms with Crippen molar-refractivity contribution in [2.75, 3.05) is 13.2 Å². The Labute approximate surface area is 170 Å². The van der Waals surface area contributed by atoms with Crippen LogP contribution < -0.4 is 10.6 Å². The van der Waals surface area contributed by atoms with Crippen molar-refractivity contribution in [3.05, 3.63) is 29.8 Å². The van der Waals surface area contributed by atoms with Gasteiger partial charge in [0.15, 0.2) is 0 Å². The number of ether oxygens (including phenoxy) is 2. The van der Waals surface area contributed by atoms with Gasteiger partial charge >= 0.3 is 0 Å². The number of rotatable bonds is 5. The second kappa shape index (κ2) is 7.29. The molecule has 2 saturated carbocycles. The predicted octanol–water partition coefficient (Wildman–Crippen LogP) is 1.38. The highest BCUT2D eigenvalue weighted by Gasteiger charge is 2.51. The van der Waals surface area contributed by atoms with E-state index in [9.17, 15) is 14.7 Å². The van der Waals surface area contributed by atoms with Crippen LogP contribution in [0.1, 0.15) is 44.1 Å². The third kappa shape index (κ3) is 3.40. The summed E-state index contributed by atoms with van der Waals surface area (Å²) in [5.41, 5.74) is 0.381. The van der Waals surface area contributed by atoms with Crippen molar-refractivity contribution in [1.82, 2.24) is 10.6 Å². The normalized spacial score (nSPS) is 32.7. The molecular weight excluding hydrogens is 372 g/mol. The highest BCUT2D eigenvalue weighted by atomic mass is 16.6. The topological polar surface area (TPSA) is 96.9 Å². The molecule has 0 bridgehead atoms. The summed E-state index contributed by atoms with van der Waals surface area (Å²) in [6.45, 7) is 0.811. The van der Waals surface area contributed by atoms with Crippen LogP contribution in [0.4, 0.5) is 0 Å². The Hall–Kier alpha value is -2.12. The number of carbonyl (C=O) groups is 2. The highest BCUT2D eigenvalue weighted by molar-refractivity contribution is 5.89. The van der Waals surface area contributed by atoms with Gasteiger partial charge in [-0.05, 0) is 43.4 Å². The van der Waals surface area contributed by atoms with Crippen LogP contribution in [0, 0.1) is 5.92 Å². The standard InChI is InChI=1S/C22H28N2O5/c25-15-7-5-14(6-8-15)22(9-1-2-10-22)21(27)24-17-12-29-18-16(11-28-19(17)18)23-20(26)13-3-4-13/h5-8,13,16-19,25H,1-4,9-12H2,(H,23,26)(H,24,27). The highest BCUT2D eigenvalue weighted by Crippen LogP contribution is 2.42. The first-order chi connectivity index (χ1) is 14.1. The van der Waals surface area contributed by atoms with Gasteiger partial charge in [-0.15, -0.1) is 0 Å². The van der Waals surface area contributed by atoms with E-state index >= 15 is 0 Å². The number of benzene rings is 1. The van der Waals surface area contributed by atoms with Crippen LogP contribution in [-0.4, -0.2) is 54.4 Å². The van der Waals surface area contributed by atoms with E-state index in [0.717, 1.165) is 44.1 Å². The Kier molecular flexibility index (Phi) is 4.75. The molecule has 1 aromatic rings. The Morgan fingerprint density at radius 1 is 0.931 bits per heavy atom. The van der Waals surface area contributed by atoms with Gasteiger partial charge in [-0.3, -0.25) is 9.59 Å². The number of nitrogens with one attached hydrogen (secondary N) is 2. The summed E-state index contributed by atoms with van der Waals surface area (Å²) >= 11 is 0. The lowest BCUT2D eigenvalue weighted by Crippen LogP contribution is -2.51. The molecule has 2 saturated heterocycles. The number of carbonyl (C=O) groups excluding carboxylic acids is 2. The molecule has 3 N–H and O–H groups in total. The minimum Gasteiger partial charge on any atom is -0.508 e. The van der Waals surface area contributed by atoms with E-state index in [-0.39, 0.29) is 47.8 Å². The number of fused-ring (bicyclic) bond motifs is 1. The maximum absolute atomic E-state index is 13.4. The average Bonchev–Trinajstić information content (AvgIpc) is 3.13. The summed E-state index contributed by atoms with van der Waals surface area (Å²) in [6.07, 6.45) is 5.09. The van der Waals surface area contributed by atoms with Crippen LogP contribution in [0.3, 0.4) is 0 Å². The molecular formula is C22H28N2O5. The summed E-state index contributed by atoms with van der Waals surface area (Å²) in [7, 11) is 0. The monoisotopic (exact) mass is 400 g/mol. The zero-order chi connectivity index (χ0) is 20.0. The van der Waals surface area contributed by atoms with Gasteiger partial charge in [0.25, 0.3) is 0 Å². The van der Waals surface area contributed by atoms with Crippen LogP contribution in [0.25, 0.3) is 0 Å². The molecule has 0 aromatic heterocycles. The zero-order valence-corrected chi connectivity index (χ0v) is 16.4. The smallest absolute Gasteiger partial charge is 0.231 e. The average molecular weight is 400 g/mol. The fourth-order valence-corrected chi connectivity index (χ4v) is 5.11. The lowest BCUT2D eigenvalue weighted by Gasteiger charge is -2.30. The Morgan fingerprint density at radius 2 is 1.52 bits per heavy atom. The van der Waals surface area contributed by atoms with E-state index in [1.807, 2.05) is 12.1 Å². The molecule has 2 aliphatic heterocycles. The summed E-state index contributed by atoms with van der Waals surface area (Å²) in [4.78, 5) is 25.5. The summed E-state index contributed by atoms with van der Waals surface area (Å²) < 4.78 is 11.9. The number of phenols is 1. The number of amides is 2. The molecule has 29 heavy (non-hydrogen) atoms. The van der Waals surface area contributed by atoms with Gasteiger partial charge in [-0.2, -0.15) is 0 Å². The maximum atomic E-state index is 13.4. The SMILES string of the molecule is O=C(NC1COC2C(NC(=O)C3(c4ccc(O)cc4)CCCC3)COC12)C1CC1. The number of hydrogen-bond acceptors (Lipinski definition) is 5. The van der Waals surface area contributed by atoms with Crippen LogP contribution in [-0.2, 0) is 24.5 Å². The van der Waals surface area contributed by atoms with E-state index in [4.69, 9.17) is 9.47 Å². The van der Waals surface area contributed by atoms with Gasteiger partial charge in [0.1, 0.15) is 18.0 Å². The molecule has 4 fully saturated rings. The molecule has 1 aromatic carbocycles. The number of hydrogen-bond donors (Lipinski definition) is 3. The van der Waals surface area contributed by atoms with E-state index in [0.29, 0.717) is 13.2 Å². The summed E-state index contributed by atoms with van der Waals surface area (Å²) in [5.74, 6) is 0.447. The molecule has 2 aliphatic carbocycles. The minimum atomic E-state index is -0.565. The van der Waals surface area contributed by atoms with Gasteiger partial charge in [-0.1, -0.05) is 25.0 Å². The van der Waals surface area contributed by atoms with Gasteiger partial charge in [0, 0.05) is 5.92 Å². The Balaban J connectivity index is 1.27. The zero-order valence-electron chi connectivity index (χ0n) is 16.4. The molecule has 5 rings (SSSR count). The summed E-state index contributed by atoms with van der Waals surface area (Å²) in [5, 5.41) is 15.9. The van der Waals surface area contributed by atoms with Crippen molar-refractivity contribution in [3.63, 3.8) is 0 Å². The summed E-state index contributed by atoms with van der Waals surface area (Å²) in [6, 6.07) is 6.63. The molecule has 4 unspecified atom stereocenters. The van der Waals surface area contributed by atoms with E-state index in [1.165, 1.54) is 0 Å². The predicted molar refractivity (Wildman–Crippen MR) is 104 cm³/mol.